The lowest BCUT2D eigenvalue weighted by atomic mass is 9.99. The predicted octanol–water partition coefficient (Wildman–Crippen LogP) is -2.31. The van der Waals surface area contributed by atoms with Crippen LogP contribution in [-0.2, 0) is 49.6 Å². The number of aliphatic hydroxyl groups excluding tert-OH is 1. The van der Waals surface area contributed by atoms with Gasteiger partial charge in [0.25, 0.3) is 0 Å². The Bertz CT molecular complexity index is 1930. The van der Waals surface area contributed by atoms with Crippen molar-refractivity contribution in [2.45, 2.75) is 173 Å². The molecule has 412 valence electrons. The van der Waals surface area contributed by atoms with Crippen LogP contribution in [0.5, 0.6) is 0 Å². The van der Waals surface area contributed by atoms with E-state index in [9.17, 15) is 48.3 Å². The number of rotatable bonds is 23. The molecule has 0 aliphatic carbocycles. The number of benzene rings is 1. The number of hydrogen-bond donors (Lipinski definition) is 14. The summed E-state index contributed by atoms with van der Waals surface area (Å²) in [5, 5.41) is 34.7. The van der Waals surface area contributed by atoms with E-state index in [1.165, 1.54) is 0 Å². The molecule has 1 aromatic rings. The summed E-state index contributed by atoms with van der Waals surface area (Å²) in [6.07, 6.45) is 0.352. The Kier molecular flexibility index (Phi) is 29.4. The lowest BCUT2D eigenvalue weighted by molar-refractivity contribution is -0.136. The molecule has 18 N–H and O–H groups in total. The molecule has 0 radical (unpaired) electrons. The lowest BCUT2D eigenvalue weighted by Gasteiger charge is -2.28. The van der Waals surface area contributed by atoms with Crippen LogP contribution in [0.1, 0.15) is 118 Å². The summed E-state index contributed by atoms with van der Waals surface area (Å²) in [6.45, 7) is 10.9. The molecule has 23 heteroatoms. The van der Waals surface area contributed by atoms with Crippen molar-refractivity contribution in [3.63, 3.8) is 0 Å². The van der Waals surface area contributed by atoms with Crippen LogP contribution in [0.2, 0.25) is 0 Å². The minimum atomic E-state index is -1.47. The lowest BCUT2D eigenvalue weighted by Crippen LogP contribution is -2.61. The molecule has 0 aromatic heterocycles. The van der Waals surface area contributed by atoms with E-state index >= 15 is 0 Å². The summed E-state index contributed by atoms with van der Waals surface area (Å²) >= 11 is 0. The third kappa shape index (κ3) is 23.8. The van der Waals surface area contributed by atoms with E-state index in [4.69, 9.17) is 22.9 Å². The topological polar surface area (TPSA) is 386 Å². The molecule has 1 saturated heterocycles. The van der Waals surface area contributed by atoms with E-state index in [2.05, 4.69) is 47.9 Å². The molecule has 0 saturated carbocycles. The van der Waals surface area contributed by atoms with Crippen molar-refractivity contribution in [3.05, 3.63) is 35.9 Å². The van der Waals surface area contributed by atoms with E-state index in [0.29, 0.717) is 24.3 Å². The second kappa shape index (κ2) is 33.9. The Hall–Kier alpha value is -5.75. The average Bonchev–Trinajstić information content (AvgIpc) is 3.33. The summed E-state index contributed by atoms with van der Waals surface area (Å²) in [6, 6.07) is -1.59. The standard InChI is InChI=1S/C50H87N13O10/c1-7-31(6)13-14-33(64)28-42(65)56-34(15-20-51)44(67)60-38-19-24-55-43(66)39(25-29(2)3)61-46(69)36(17-22-53)57-45(68)35(16-21-52)59-49(72)40(26-30(4)5)62-50(73)41(27-32-11-9-8-10-12-32)63-47(70)37(18-23-54)58-48(38)71/h8-12,29-31,33-41,64H,7,13-28,51-54H2,1-6H3,(H,55,66)(H,56,65)(H,57,68)(H,58,71)(H,59,72)(H,60,67)(H,61,69)(H,62,73)(H,63,70)/t31?,33?,34-,35+,36+,37+,38+,39+,40+,41-/m1/s1. The molecule has 0 bridgehead atoms. The highest BCUT2D eigenvalue weighted by Gasteiger charge is 2.35. The van der Waals surface area contributed by atoms with Crippen LogP contribution in [0.25, 0.3) is 0 Å². The fourth-order valence-corrected chi connectivity index (χ4v) is 8.10. The molecule has 2 unspecified atom stereocenters. The fourth-order valence-electron chi connectivity index (χ4n) is 8.10. The zero-order valence-corrected chi connectivity index (χ0v) is 43.8. The van der Waals surface area contributed by atoms with Gasteiger partial charge < -0.3 is 75.9 Å². The van der Waals surface area contributed by atoms with Crippen LogP contribution in [0.4, 0.5) is 0 Å². The minimum Gasteiger partial charge on any atom is -0.393 e. The highest BCUT2D eigenvalue weighted by molar-refractivity contribution is 5.98. The summed E-state index contributed by atoms with van der Waals surface area (Å²) < 4.78 is 0. The van der Waals surface area contributed by atoms with Crippen LogP contribution < -0.4 is 70.8 Å². The summed E-state index contributed by atoms with van der Waals surface area (Å²) in [4.78, 5) is 126. The second-order valence-corrected chi connectivity index (χ2v) is 19.8. The Morgan fingerprint density at radius 2 is 1.05 bits per heavy atom. The van der Waals surface area contributed by atoms with Gasteiger partial charge in [0.2, 0.25) is 53.2 Å². The summed E-state index contributed by atoms with van der Waals surface area (Å²) in [5.41, 5.74) is 24.2. The number of amides is 9. The first-order chi connectivity index (χ1) is 34.7. The van der Waals surface area contributed by atoms with Crippen LogP contribution in [0.15, 0.2) is 30.3 Å². The molecule has 1 aliphatic heterocycles. The first kappa shape index (κ1) is 63.4. The molecule has 0 spiro atoms. The van der Waals surface area contributed by atoms with E-state index in [1.54, 1.807) is 30.3 Å². The van der Waals surface area contributed by atoms with Crippen LogP contribution in [0, 0.1) is 17.8 Å². The van der Waals surface area contributed by atoms with Gasteiger partial charge in [0, 0.05) is 13.0 Å². The van der Waals surface area contributed by atoms with Crippen molar-refractivity contribution < 1.29 is 48.3 Å². The fraction of sp³-hybridized carbons (Fsp3) is 0.700. The van der Waals surface area contributed by atoms with Gasteiger partial charge in [0.1, 0.15) is 48.3 Å². The van der Waals surface area contributed by atoms with Crippen molar-refractivity contribution in [2.75, 3.05) is 32.7 Å². The molecule has 1 aliphatic rings. The summed E-state index contributed by atoms with van der Waals surface area (Å²) in [7, 11) is 0. The molecule has 73 heavy (non-hydrogen) atoms. The highest BCUT2D eigenvalue weighted by atomic mass is 16.3. The maximum Gasteiger partial charge on any atom is 0.243 e. The van der Waals surface area contributed by atoms with Gasteiger partial charge in [-0.25, -0.2) is 0 Å². The van der Waals surface area contributed by atoms with Crippen LogP contribution in [0.3, 0.4) is 0 Å². The van der Waals surface area contributed by atoms with Crippen molar-refractivity contribution in [1.29, 1.82) is 0 Å². The molecule has 1 fully saturated rings. The average molecular weight is 1030 g/mol. The number of carbonyl (C=O) groups is 9. The van der Waals surface area contributed by atoms with E-state index < -0.39 is 108 Å². The van der Waals surface area contributed by atoms with Gasteiger partial charge in [-0.1, -0.05) is 78.3 Å². The van der Waals surface area contributed by atoms with Crippen LogP contribution >= 0.6 is 0 Å². The number of nitrogens with one attached hydrogen (secondary N) is 9. The third-order valence-corrected chi connectivity index (χ3v) is 12.4. The molecule has 10 atom stereocenters. The third-order valence-electron chi connectivity index (χ3n) is 12.4. The van der Waals surface area contributed by atoms with Crippen molar-refractivity contribution >= 4 is 53.2 Å². The molecule has 1 aromatic carbocycles. The SMILES string of the molecule is CCC(C)CCC(O)CC(=O)N[C@H](CCN)C(=O)N[C@H]1CCNC(=O)[C@H](CC(C)C)NC(=O)[C@H](CCN)NC(=O)[C@H](CCN)NC(=O)[C@H](CC(C)C)NC(=O)[C@@H](Cc2ccccc2)NC(=O)[C@H](CCN)NC1=O. The zero-order valence-electron chi connectivity index (χ0n) is 43.8. The van der Waals surface area contributed by atoms with Gasteiger partial charge in [-0.05, 0) is 107 Å². The van der Waals surface area contributed by atoms with E-state index in [0.717, 1.165) is 6.42 Å². The number of nitrogens with two attached hydrogens (primary N) is 4. The van der Waals surface area contributed by atoms with Gasteiger partial charge >= 0.3 is 0 Å². The minimum absolute atomic E-state index is 0.0468. The Morgan fingerprint density at radius 3 is 1.53 bits per heavy atom. The maximum atomic E-state index is 14.4. The first-order valence-electron chi connectivity index (χ1n) is 25.9. The first-order valence-corrected chi connectivity index (χ1v) is 25.9. The normalized spacial score (nSPS) is 23.6. The van der Waals surface area contributed by atoms with Gasteiger partial charge in [0.05, 0.1) is 12.5 Å². The number of carbonyl (C=O) groups excluding carboxylic acids is 9. The quantitative estimate of drug-likeness (QED) is 0.0548. The van der Waals surface area contributed by atoms with E-state index in [-0.39, 0.29) is 102 Å². The Morgan fingerprint density at radius 1 is 0.603 bits per heavy atom. The highest BCUT2D eigenvalue weighted by Crippen LogP contribution is 2.14. The van der Waals surface area contributed by atoms with Gasteiger partial charge in [-0.2, -0.15) is 0 Å². The van der Waals surface area contributed by atoms with Gasteiger partial charge in [-0.15, -0.1) is 0 Å². The Labute approximate surface area is 430 Å². The van der Waals surface area contributed by atoms with Gasteiger partial charge in [0.15, 0.2) is 0 Å². The molecular formula is C50H87N13O10. The Balaban J connectivity index is 2.71. The number of aliphatic hydroxyl groups is 1. The predicted molar refractivity (Wildman–Crippen MR) is 276 cm³/mol. The van der Waals surface area contributed by atoms with E-state index in [1.807, 2.05) is 41.5 Å². The molecule has 1 heterocycles. The largest absolute Gasteiger partial charge is 0.393 e. The molecule has 23 nitrogen and oxygen atoms in total. The second-order valence-electron chi connectivity index (χ2n) is 19.8. The summed E-state index contributed by atoms with van der Waals surface area (Å²) in [5.74, 6) is -6.76. The molecule has 9 amide bonds. The van der Waals surface area contributed by atoms with Crippen molar-refractivity contribution in [3.8, 4) is 0 Å². The van der Waals surface area contributed by atoms with Crippen molar-refractivity contribution in [1.82, 2.24) is 47.9 Å². The number of hydrogen-bond acceptors (Lipinski definition) is 14. The maximum absolute atomic E-state index is 14.4. The molecule has 2 rings (SSSR count). The van der Waals surface area contributed by atoms with Gasteiger partial charge in [-0.3, -0.25) is 43.2 Å². The smallest absolute Gasteiger partial charge is 0.243 e. The monoisotopic (exact) mass is 1030 g/mol. The zero-order chi connectivity index (χ0) is 54.6. The van der Waals surface area contributed by atoms with Crippen molar-refractivity contribution in [2.24, 2.45) is 40.7 Å². The van der Waals surface area contributed by atoms with Crippen LogP contribution in [-0.4, -0.2) is 145 Å². The molecular weight excluding hydrogens is 943 g/mol.